The summed E-state index contributed by atoms with van der Waals surface area (Å²) in [6.45, 7) is 10.4. The summed E-state index contributed by atoms with van der Waals surface area (Å²) in [7, 11) is 0. The molecule has 0 aliphatic heterocycles. The summed E-state index contributed by atoms with van der Waals surface area (Å²) >= 11 is 1.78. The SMILES string of the molecule is CCCCOCCCN=C(NCCn1cnnc1CC)NC(CC)c1cccs1. The lowest BCUT2D eigenvalue weighted by molar-refractivity contribution is 0.130. The van der Waals surface area contributed by atoms with Crippen LogP contribution in [0.2, 0.25) is 0 Å². The number of hydrogen-bond donors (Lipinski definition) is 2. The minimum Gasteiger partial charge on any atom is -0.381 e. The van der Waals surface area contributed by atoms with E-state index in [1.807, 2.05) is 0 Å². The van der Waals surface area contributed by atoms with Gasteiger partial charge in [0, 0.05) is 44.1 Å². The average molecular weight is 421 g/mol. The normalized spacial score (nSPS) is 12.9. The Morgan fingerprint density at radius 3 is 2.86 bits per heavy atom. The van der Waals surface area contributed by atoms with Crippen LogP contribution in [-0.2, 0) is 17.7 Å². The summed E-state index contributed by atoms with van der Waals surface area (Å²) in [5.41, 5.74) is 0. The van der Waals surface area contributed by atoms with E-state index >= 15 is 0 Å². The van der Waals surface area contributed by atoms with Gasteiger partial charge >= 0.3 is 0 Å². The number of nitrogens with zero attached hydrogens (tertiary/aromatic N) is 4. The molecule has 0 amide bonds. The second-order valence-electron chi connectivity index (χ2n) is 6.89. The van der Waals surface area contributed by atoms with Crippen LogP contribution in [0.1, 0.15) is 63.2 Å². The first kappa shape index (κ1) is 23.3. The van der Waals surface area contributed by atoms with Crippen LogP contribution in [0.3, 0.4) is 0 Å². The molecule has 162 valence electrons. The topological polar surface area (TPSA) is 76.4 Å². The lowest BCUT2D eigenvalue weighted by atomic mass is 10.2. The van der Waals surface area contributed by atoms with E-state index in [1.165, 1.54) is 11.3 Å². The van der Waals surface area contributed by atoms with Gasteiger partial charge in [0.2, 0.25) is 0 Å². The molecule has 2 heterocycles. The fraction of sp³-hybridized carbons (Fsp3) is 0.667. The van der Waals surface area contributed by atoms with Crippen LogP contribution in [0.15, 0.2) is 28.8 Å². The molecule has 29 heavy (non-hydrogen) atoms. The molecule has 0 aromatic carbocycles. The van der Waals surface area contributed by atoms with Crippen LogP contribution in [0, 0.1) is 0 Å². The van der Waals surface area contributed by atoms with Gasteiger partial charge in [-0.25, -0.2) is 0 Å². The van der Waals surface area contributed by atoms with E-state index in [-0.39, 0.29) is 6.04 Å². The number of rotatable bonds is 14. The first-order valence-corrected chi connectivity index (χ1v) is 11.7. The second-order valence-corrected chi connectivity index (χ2v) is 7.87. The number of aliphatic imine (C=N–C) groups is 1. The number of aryl methyl sites for hydroxylation is 1. The Hall–Kier alpha value is -1.93. The van der Waals surface area contributed by atoms with Gasteiger partial charge in [0.15, 0.2) is 5.96 Å². The molecule has 0 aliphatic carbocycles. The van der Waals surface area contributed by atoms with Crippen molar-refractivity contribution in [3.05, 3.63) is 34.5 Å². The van der Waals surface area contributed by atoms with Crippen molar-refractivity contribution in [1.29, 1.82) is 0 Å². The zero-order valence-electron chi connectivity index (χ0n) is 18.1. The molecule has 0 bridgehead atoms. The van der Waals surface area contributed by atoms with Gasteiger partial charge < -0.3 is 19.9 Å². The molecular formula is C21H36N6OS. The standard InChI is InChI=1S/C21H36N6OS/c1-4-7-14-28-15-9-11-22-21(25-18(5-2)19-10-8-16-29-19)23-12-13-27-17-24-26-20(27)6-3/h8,10,16-18H,4-7,9,11-15H2,1-3H3,(H2,22,23,25). The van der Waals surface area contributed by atoms with Crippen LogP contribution in [-0.4, -0.2) is 47.0 Å². The number of unbranched alkanes of at least 4 members (excludes halogenated alkanes) is 1. The number of guanidine groups is 1. The minimum absolute atomic E-state index is 0.267. The Bertz CT molecular complexity index is 685. The summed E-state index contributed by atoms with van der Waals surface area (Å²) in [6, 6.07) is 4.54. The average Bonchev–Trinajstić information content (AvgIpc) is 3.42. The van der Waals surface area contributed by atoms with Gasteiger partial charge in [-0.3, -0.25) is 4.99 Å². The van der Waals surface area contributed by atoms with E-state index in [1.54, 1.807) is 17.7 Å². The van der Waals surface area contributed by atoms with Gasteiger partial charge in [0.1, 0.15) is 12.2 Å². The smallest absolute Gasteiger partial charge is 0.191 e. The maximum atomic E-state index is 5.65. The van der Waals surface area contributed by atoms with Gasteiger partial charge in [0.25, 0.3) is 0 Å². The second kappa shape index (κ2) is 14.1. The van der Waals surface area contributed by atoms with Gasteiger partial charge in [-0.05, 0) is 30.7 Å². The van der Waals surface area contributed by atoms with Gasteiger partial charge in [0.05, 0.1) is 6.04 Å². The van der Waals surface area contributed by atoms with Crippen LogP contribution in [0.25, 0.3) is 0 Å². The van der Waals surface area contributed by atoms with Crippen molar-refractivity contribution in [2.75, 3.05) is 26.3 Å². The zero-order valence-corrected chi connectivity index (χ0v) is 18.9. The van der Waals surface area contributed by atoms with E-state index in [0.29, 0.717) is 0 Å². The number of thiophene rings is 1. The van der Waals surface area contributed by atoms with E-state index in [2.05, 4.69) is 63.7 Å². The van der Waals surface area contributed by atoms with Crippen LogP contribution in [0.5, 0.6) is 0 Å². The van der Waals surface area contributed by atoms with Crippen LogP contribution >= 0.6 is 11.3 Å². The molecule has 0 saturated carbocycles. The molecule has 0 spiro atoms. The molecule has 7 nitrogen and oxygen atoms in total. The maximum absolute atomic E-state index is 5.65. The highest BCUT2D eigenvalue weighted by Crippen LogP contribution is 2.21. The quantitative estimate of drug-likeness (QED) is 0.276. The highest BCUT2D eigenvalue weighted by Gasteiger charge is 2.12. The van der Waals surface area contributed by atoms with Crippen LogP contribution < -0.4 is 10.6 Å². The van der Waals surface area contributed by atoms with Crippen molar-refractivity contribution >= 4 is 17.3 Å². The summed E-state index contributed by atoms with van der Waals surface area (Å²) in [4.78, 5) is 6.11. The highest BCUT2D eigenvalue weighted by molar-refractivity contribution is 7.10. The molecule has 0 radical (unpaired) electrons. The minimum atomic E-state index is 0.267. The molecule has 8 heteroatoms. The Kier molecular flexibility index (Phi) is 11.4. The van der Waals surface area contributed by atoms with Crippen molar-refractivity contribution in [1.82, 2.24) is 25.4 Å². The summed E-state index contributed by atoms with van der Waals surface area (Å²) in [6.07, 6.45) is 6.90. The Morgan fingerprint density at radius 1 is 1.28 bits per heavy atom. The lowest BCUT2D eigenvalue weighted by Crippen LogP contribution is -2.41. The van der Waals surface area contributed by atoms with Crippen molar-refractivity contribution in [3.8, 4) is 0 Å². The number of ether oxygens (including phenoxy) is 1. The number of hydrogen-bond acceptors (Lipinski definition) is 5. The van der Waals surface area contributed by atoms with Crippen molar-refractivity contribution in [2.24, 2.45) is 4.99 Å². The number of aromatic nitrogens is 3. The molecule has 2 rings (SSSR count). The Morgan fingerprint density at radius 2 is 2.14 bits per heavy atom. The fourth-order valence-electron chi connectivity index (χ4n) is 2.92. The van der Waals surface area contributed by atoms with E-state index in [9.17, 15) is 0 Å². The van der Waals surface area contributed by atoms with Crippen molar-refractivity contribution in [2.45, 2.75) is 65.5 Å². The number of nitrogens with one attached hydrogen (secondary N) is 2. The first-order chi connectivity index (χ1) is 14.3. The largest absolute Gasteiger partial charge is 0.381 e. The highest BCUT2D eigenvalue weighted by atomic mass is 32.1. The molecule has 0 fully saturated rings. The predicted molar refractivity (Wildman–Crippen MR) is 121 cm³/mol. The van der Waals surface area contributed by atoms with Gasteiger partial charge in [-0.1, -0.05) is 33.3 Å². The zero-order chi connectivity index (χ0) is 20.7. The molecule has 2 aromatic rings. The van der Waals surface area contributed by atoms with E-state index in [0.717, 1.165) is 70.3 Å². The first-order valence-electron chi connectivity index (χ1n) is 10.8. The molecule has 1 unspecified atom stereocenters. The van der Waals surface area contributed by atoms with Gasteiger partial charge in [-0.15, -0.1) is 21.5 Å². The van der Waals surface area contributed by atoms with Gasteiger partial charge in [-0.2, -0.15) is 0 Å². The molecule has 2 N–H and O–H groups in total. The van der Waals surface area contributed by atoms with E-state index < -0.39 is 0 Å². The fourth-order valence-corrected chi connectivity index (χ4v) is 3.78. The monoisotopic (exact) mass is 420 g/mol. The third kappa shape index (κ3) is 8.53. The summed E-state index contributed by atoms with van der Waals surface area (Å²) in [5.74, 6) is 1.86. The Balaban J connectivity index is 1.88. The third-order valence-electron chi connectivity index (χ3n) is 4.62. The molecule has 0 saturated heterocycles. The molecule has 2 aromatic heterocycles. The molecule has 1 atom stereocenters. The van der Waals surface area contributed by atoms with Crippen molar-refractivity contribution < 1.29 is 4.74 Å². The predicted octanol–water partition coefficient (Wildman–Crippen LogP) is 3.80. The lowest BCUT2D eigenvalue weighted by Gasteiger charge is -2.20. The van der Waals surface area contributed by atoms with Crippen molar-refractivity contribution in [3.63, 3.8) is 0 Å². The van der Waals surface area contributed by atoms with Crippen LogP contribution in [0.4, 0.5) is 0 Å². The van der Waals surface area contributed by atoms with E-state index in [4.69, 9.17) is 9.73 Å². The summed E-state index contributed by atoms with van der Waals surface area (Å²) in [5, 5.41) is 17.3. The molecule has 0 aliphatic rings. The summed E-state index contributed by atoms with van der Waals surface area (Å²) < 4.78 is 7.73. The maximum Gasteiger partial charge on any atom is 0.191 e. The molecular weight excluding hydrogens is 384 g/mol. The Labute approximate surface area is 179 Å². The third-order valence-corrected chi connectivity index (χ3v) is 5.61.